The smallest absolute Gasteiger partial charge is 0.123 e. The normalized spacial score (nSPS) is 13.1. The molecule has 0 fully saturated rings. The minimum Gasteiger partial charge on any atom is -0.384 e. The third kappa shape index (κ3) is 2.99. The number of nitrogens with zero attached hydrogens (tertiary/aromatic N) is 2. The van der Waals surface area contributed by atoms with Crippen LogP contribution in [0.15, 0.2) is 48.9 Å². The average Bonchev–Trinajstić information content (AvgIpc) is 2.89. The second-order valence-corrected chi connectivity index (χ2v) is 5.52. The van der Waals surface area contributed by atoms with Crippen LogP contribution in [0.25, 0.3) is 0 Å². The molecule has 1 aliphatic heterocycles. The minimum atomic E-state index is 0.578. The summed E-state index contributed by atoms with van der Waals surface area (Å²) in [4.78, 5) is 6.36. The molecule has 21 heavy (non-hydrogen) atoms. The maximum atomic E-state index is 5.73. The van der Waals surface area contributed by atoms with E-state index in [0.717, 1.165) is 25.5 Å². The molecule has 2 aromatic rings. The van der Waals surface area contributed by atoms with E-state index in [0.29, 0.717) is 5.82 Å². The number of aromatic nitrogens is 1. The summed E-state index contributed by atoms with van der Waals surface area (Å²) >= 11 is 0. The topological polar surface area (TPSA) is 54.2 Å². The molecule has 108 valence electrons. The van der Waals surface area contributed by atoms with Crippen LogP contribution in [0.4, 0.5) is 5.82 Å². The number of nitrogens with two attached hydrogens (primary N) is 1. The van der Waals surface area contributed by atoms with Gasteiger partial charge in [0.05, 0.1) is 5.82 Å². The first kappa shape index (κ1) is 13.5. The fourth-order valence-corrected chi connectivity index (χ4v) is 2.51. The molecule has 1 aromatic heterocycles. The van der Waals surface area contributed by atoms with Crippen molar-refractivity contribution in [1.29, 1.82) is 0 Å². The van der Waals surface area contributed by atoms with E-state index >= 15 is 0 Å². The molecule has 4 nitrogen and oxygen atoms in total. The van der Waals surface area contributed by atoms with Gasteiger partial charge in [0.15, 0.2) is 0 Å². The molecular formula is C17H20N4. The van der Waals surface area contributed by atoms with Gasteiger partial charge in [-0.05, 0) is 29.7 Å². The average molecular weight is 280 g/mol. The Labute approximate surface area is 125 Å². The van der Waals surface area contributed by atoms with Crippen molar-refractivity contribution in [3.63, 3.8) is 0 Å². The van der Waals surface area contributed by atoms with E-state index in [-0.39, 0.29) is 0 Å². The standard InChI is InChI=1S/C17H20N4/c1-12-3-5-14(6-4-12)8-19-13(2)21-10-15-7-17(18)20-9-16(15)11-21/h3-7,9,19H,2,8,10-11H2,1H3,(H2,18,20). The van der Waals surface area contributed by atoms with E-state index in [1.165, 1.54) is 22.3 Å². The molecule has 0 aliphatic carbocycles. The van der Waals surface area contributed by atoms with Crippen LogP contribution in [-0.2, 0) is 19.6 Å². The number of nitrogen functional groups attached to an aromatic ring is 1. The predicted molar refractivity (Wildman–Crippen MR) is 85.1 cm³/mol. The Morgan fingerprint density at radius 1 is 1.29 bits per heavy atom. The van der Waals surface area contributed by atoms with Crippen LogP contribution in [0.1, 0.15) is 22.3 Å². The fraction of sp³-hybridized carbons (Fsp3) is 0.235. The summed E-state index contributed by atoms with van der Waals surface area (Å²) in [5.41, 5.74) is 10.7. The molecule has 0 spiro atoms. The van der Waals surface area contributed by atoms with Gasteiger partial charge < -0.3 is 16.0 Å². The van der Waals surface area contributed by atoms with Crippen molar-refractivity contribution < 1.29 is 0 Å². The molecule has 4 heteroatoms. The van der Waals surface area contributed by atoms with Gasteiger partial charge in [0.1, 0.15) is 5.82 Å². The van der Waals surface area contributed by atoms with E-state index < -0.39 is 0 Å². The second kappa shape index (κ2) is 5.48. The fourth-order valence-electron chi connectivity index (χ4n) is 2.51. The third-order valence-corrected chi connectivity index (χ3v) is 3.83. The van der Waals surface area contributed by atoms with Gasteiger partial charge in [0.25, 0.3) is 0 Å². The highest BCUT2D eigenvalue weighted by atomic mass is 15.2. The zero-order valence-electron chi connectivity index (χ0n) is 12.3. The first-order chi connectivity index (χ1) is 10.1. The molecule has 0 radical (unpaired) electrons. The Morgan fingerprint density at radius 3 is 2.76 bits per heavy atom. The number of anilines is 1. The van der Waals surface area contributed by atoms with E-state index in [2.05, 4.69) is 53.0 Å². The monoisotopic (exact) mass is 280 g/mol. The number of pyridine rings is 1. The van der Waals surface area contributed by atoms with E-state index in [1.54, 1.807) is 0 Å². The van der Waals surface area contributed by atoms with Gasteiger partial charge in [-0.2, -0.15) is 0 Å². The van der Waals surface area contributed by atoms with Crippen LogP contribution in [0, 0.1) is 6.92 Å². The second-order valence-electron chi connectivity index (χ2n) is 5.52. The van der Waals surface area contributed by atoms with Gasteiger partial charge in [-0.15, -0.1) is 0 Å². The highest BCUT2D eigenvalue weighted by molar-refractivity contribution is 5.39. The number of benzene rings is 1. The van der Waals surface area contributed by atoms with Crippen LogP contribution in [-0.4, -0.2) is 9.88 Å². The first-order valence-corrected chi connectivity index (χ1v) is 7.08. The minimum absolute atomic E-state index is 0.578. The molecule has 0 amide bonds. The van der Waals surface area contributed by atoms with Crippen molar-refractivity contribution in [1.82, 2.24) is 15.2 Å². The van der Waals surface area contributed by atoms with E-state index in [9.17, 15) is 0 Å². The molecule has 1 aliphatic rings. The lowest BCUT2D eigenvalue weighted by molar-refractivity contribution is 0.334. The van der Waals surface area contributed by atoms with Gasteiger partial charge in [0.2, 0.25) is 0 Å². The Morgan fingerprint density at radius 2 is 2.00 bits per heavy atom. The highest BCUT2D eigenvalue weighted by Crippen LogP contribution is 2.25. The largest absolute Gasteiger partial charge is 0.384 e. The molecule has 2 heterocycles. The van der Waals surface area contributed by atoms with Gasteiger partial charge in [-0.3, -0.25) is 0 Å². The number of hydrogen-bond acceptors (Lipinski definition) is 4. The molecular weight excluding hydrogens is 260 g/mol. The molecule has 3 N–H and O–H groups in total. The maximum Gasteiger partial charge on any atom is 0.123 e. The van der Waals surface area contributed by atoms with Gasteiger partial charge >= 0.3 is 0 Å². The van der Waals surface area contributed by atoms with Crippen molar-refractivity contribution in [2.24, 2.45) is 0 Å². The van der Waals surface area contributed by atoms with Crippen LogP contribution >= 0.6 is 0 Å². The van der Waals surface area contributed by atoms with Crippen molar-refractivity contribution in [2.75, 3.05) is 5.73 Å². The lowest BCUT2D eigenvalue weighted by atomic mass is 10.1. The lowest BCUT2D eigenvalue weighted by Crippen LogP contribution is -2.26. The van der Waals surface area contributed by atoms with Crippen molar-refractivity contribution >= 4 is 5.82 Å². The summed E-state index contributed by atoms with van der Waals surface area (Å²) in [7, 11) is 0. The van der Waals surface area contributed by atoms with Crippen LogP contribution in [0.2, 0.25) is 0 Å². The zero-order valence-corrected chi connectivity index (χ0v) is 12.3. The summed E-state index contributed by atoms with van der Waals surface area (Å²) in [6, 6.07) is 10.5. The van der Waals surface area contributed by atoms with Gasteiger partial charge in [-0.25, -0.2) is 4.98 Å². The first-order valence-electron chi connectivity index (χ1n) is 7.08. The highest BCUT2D eigenvalue weighted by Gasteiger charge is 2.20. The number of rotatable bonds is 4. The summed E-state index contributed by atoms with van der Waals surface area (Å²) in [6.45, 7) is 8.69. The van der Waals surface area contributed by atoms with Crippen molar-refractivity contribution in [3.05, 3.63) is 71.2 Å². The predicted octanol–water partition coefficient (Wildman–Crippen LogP) is 2.55. The summed E-state index contributed by atoms with van der Waals surface area (Å²) < 4.78 is 0. The van der Waals surface area contributed by atoms with Crippen molar-refractivity contribution in [2.45, 2.75) is 26.6 Å². The van der Waals surface area contributed by atoms with Gasteiger partial charge in [0, 0.05) is 25.8 Å². The maximum absolute atomic E-state index is 5.73. The van der Waals surface area contributed by atoms with Gasteiger partial charge in [-0.1, -0.05) is 36.4 Å². The number of nitrogens with one attached hydrogen (secondary N) is 1. The third-order valence-electron chi connectivity index (χ3n) is 3.83. The molecule has 0 atom stereocenters. The van der Waals surface area contributed by atoms with Crippen LogP contribution in [0.5, 0.6) is 0 Å². The Kier molecular flexibility index (Phi) is 3.52. The quantitative estimate of drug-likeness (QED) is 0.903. The number of hydrogen-bond donors (Lipinski definition) is 2. The zero-order chi connectivity index (χ0) is 14.8. The Hall–Kier alpha value is -2.49. The van der Waals surface area contributed by atoms with E-state index in [4.69, 9.17) is 5.73 Å². The van der Waals surface area contributed by atoms with Crippen LogP contribution in [0.3, 0.4) is 0 Å². The molecule has 0 unspecified atom stereocenters. The summed E-state index contributed by atoms with van der Waals surface area (Å²) in [6.07, 6.45) is 1.86. The van der Waals surface area contributed by atoms with Crippen molar-refractivity contribution in [3.8, 4) is 0 Å². The molecule has 0 saturated carbocycles. The summed E-state index contributed by atoms with van der Waals surface area (Å²) in [5, 5.41) is 3.39. The molecule has 3 rings (SSSR count). The van der Waals surface area contributed by atoms with Crippen LogP contribution < -0.4 is 11.1 Å². The number of aryl methyl sites for hydroxylation is 1. The number of fused-ring (bicyclic) bond motifs is 1. The molecule has 0 bridgehead atoms. The molecule has 1 aromatic carbocycles. The Bertz CT molecular complexity index is 661. The Balaban J connectivity index is 1.59. The summed E-state index contributed by atoms with van der Waals surface area (Å²) in [5.74, 6) is 1.51. The van der Waals surface area contributed by atoms with E-state index in [1.807, 2.05) is 12.3 Å². The SMILES string of the molecule is C=C(NCc1ccc(C)cc1)N1Cc2cnc(N)cc2C1. The molecule has 0 saturated heterocycles. The lowest BCUT2D eigenvalue weighted by Gasteiger charge is -2.21.